The van der Waals surface area contributed by atoms with E-state index in [2.05, 4.69) is 47.1 Å². The Morgan fingerprint density at radius 2 is 1.70 bits per heavy atom. The summed E-state index contributed by atoms with van der Waals surface area (Å²) in [6.07, 6.45) is 2.71. The molecule has 8 N–H and O–H groups in total. The molecule has 0 amide bonds. The first kappa shape index (κ1) is 36.6. The Bertz CT molecular complexity index is 1700. The van der Waals surface area contributed by atoms with Gasteiger partial charge < -0.3 is 27.5 Å². The number of aliphatic imine (C=N–C) groups is 1. The predicted octanol–water partition coefficient (Wildman–Crippen LogP) is 4.10. The van der Waals surface area contributed by atoms with E-state index in [-0.39, 0.29) is 28.3 Å². The number of guanidine groups is 1. The molecule has 46 heavy (non-hydrogen) atoms. The van der Waals surface area contributed by atoms with Crippen molar-refractivity contribution in [2.75, 3.05) is 25.4 Å². The fourth-order valence-corrected chi connectivity index (χ4v) is 5.59. The molecule has 1 atom stereocenters. The van der Waals surface area contributed by atoms with Crippen LogP contribution in [-0.2, 0) is 33.9 Å². The zero-order valence-electron chi connectivity index (χ0n) is 27.8. The van der Waals surface area contributed by atoms with Crippen LogP contribution in [0.25, 0.3) is 16.7 Å². The third-order valence-corrected chi connectivity index (χ3v) is 8.52. The number of nitrogens with one attached hydrogen (secondary N) is 2. The van der Waals surface area contributed by atoms with Crippen molar-refractivity contribution in [1.82, 2.24) is 19.9 Å². The lowest BCUT2D eigenvalue weighted by Gasteiger charge is -2.20. The number of fused-ring (bicyclic) bond motifs is 1. The van der Waals surface area contributed by atoms with Crippen molar-refractivity contribution in [2.45, 2.75) is 71.1 Å². The average molecular weight is 653 g/mol. The summed E-state index contributed by atoms with van der Waals surface area (Å²) in [6.45, 7) is 14.8. The Balaban J connectivity index is 0.000000289. The zero-order chi connectivity index (χ0) is 34.1. The van der Waals surface area contributed by atoms with E-state index in [1.54, 1.807) is 10.6 Å². The van der Waals surface area contributed by atoms with Crippen LogP contribution in [0.15, 0.2) is 64.5 Å². The summed E-state index contributed by atoms with van der Waals surface area (Å²) in [5.41, 5.74) is 20.5. The van der Waals surface area contributed by atoms with Crippen molar-refractivity contribution in [2.24, 2.45) is 22.2 Å². The number of aromatic nitrogens is 3. The molecule has 250 valence electrons. The number of hydrogen-bond acceptors (Lipinski definition) is 6. The van der Waals surface area contributed by atoms with Crippen molar-refractivity contribution in [1.29, 1.82) is 0 Å². The fraction of sp³-hybridized carbons (Fsp3) is 0.441. The number of halogens is 1. The topological polar surface area (TPSA) is 170 Å². The minimum atomic E-state index is -0.960. The Labute approximate surface area is 273 Å². The van der Waals surface area contributed by atoms with Gasteiger partial charge in [0.1, 0.15) is 11.5 Å². The van der Waals surface area contributed by atoms with Crippen LogP contribution in [-0.4, -0.2) is 50.1 Å². The standard InChI is InChI=1S/C21H29N7O.C13H20FNOS/c1-21(2,3)17-11-15-13-28(20(29)27-18(15)26-17)16-7-5-14(6-8-16)12-24-9-4-10-25-19(22)23;1-13(2,3)11-8-10(4-5-12(11)14)9-17(16)7-6-15/h5-8,11,13,24H,4,9-10,12H2,1-3H3,(H4,22,23,25)(H,26,27,29);4-5,8H,6-7,9,15H2,1-3H3. The van der Waals surface area contributed by atoms with Crippen LogP contribution in [0.3, 0.4) is 0 Å². The van der Waals surface area contributed by atoms with Gasteiger partial charge in [-0.3, -0.25) is 13.8 Å². The van der Waals surface area contributed by atoms with Gasteiger partial charge in [-0.05, 0) is 59.3 Å². The molecule has 0 bridgehead atoms. The van der Waals surface area contributed by atoms with Gasteiger partial charge in [0.15, 0.2) is 5.96 Å². The number of nitrogens with two attached hydrogens (primary N) is 3. The van der Waals surface area contributed by atoms with Crippen LogP contribution in [0.1, 0.15) is 70.3 Å². The normalized spacial score (nSPS) is 12.4. The van der Waals surface area contributed by atoms with Gasteiger partial charge in [0.05, 0.1) is 5.69 Å². The van der Waals surface area contributed by atoms with Crippen molar-refractivity contribution in [3.05, 3.63) is 93.4 Å². The Kier molecular flexibility index (Phi) is 12.8. The molecule has 10 nitrogen and oxygen atoms in total. The van der Waals surface area contributed by atoms with Crippen LogP contribution < -0.4 is 28.2 Å². The number of aromatic amines is 1. The van der Waals surface area contributed by atoms with E-state index >= 15 is 0 Å². The third-order valence-electron chi connectivity index (χ3n) is 7.18. The number of hydrogen-bond donors (Lipinski definition) is 5. The van der Waals surface area contributed by atoms with Crippen LogP contribution in [0, 0.1) is 5.82 Å². The van der Waals surface area contributed by atoms with Gasteiger partial charge in [0.25, 0.3) is 0 Å². The maximum atomic E-state index is 13.7. The molecule has 2 aromatic heterocycles. The largest absolute Gasteiger partial charge is 0.370 e. The van der Waals surface area contributed by atoms with Crippen LogP contribution >= 0.6 is 0 Å². The molecular formula is C34H49FN8O2S. The van der Waals surface area contributed by atoms with Gasteiger partial charge in [-0.1, -0.05) is 65.8 Å². The number of benzene rings is 2. The lowest BCUT2D eigenvalue weighted by molar-refractivity contribution is 0.522. The first-order chi connectivity index (χ1) is 21.6. The summed E-state index contributed by atoms with van der Waals surface area (Å²) in [7, 11) is -0.960. The molecule has 1 unspecified atom stereocenters. The average Bonchev–Trinajstić information content (AvgIpc) is 3.39. The van der Waals surface area contributed by atoms with Crippen molar-refractivity contribution < 1.29 is 8.60 Å². The molecule has 0 aliphatic heterocycles. The Hall–Kier alpha value is -3.87. The molecular weight excluding hydrogens is 603 g/mol. The second-order valence-corrected chi connectivity index (χ2v) is 14.9. The molecule has 4 aromatic rings. The molecule has 0 fully saturated rings. The molecule has 0 radical (unpaired) electrons. The summed E-state index contributed by atoms with van der Waals surface area (Å²) in [5, 5.41) is 4.27. The molecule has 0 aliphatic rings. The second-order valence-electron chi connectivity index (χ2n) is 13.3. The second kappa shape index (κ2) is 16.1. The highest BCUT2D eigenvalue weighted by Crippen LogP contribution is 2.27. The predicted molar refractivity (Wildman–Crippen MR) is 188 cm³/mol. The Morgan fingerprint density at radius 3 is 2.30 bits per heavy atom. The van der Waals surface area contributed by atoms with Crippen molar-refractivity contribution in [3.8, 4) is 5.69 Å². The van der Waals surface area contributed by atoms with E-state index in [9.17, 15) is 13.4 Å². The zero-order valence-corrected chi connectivity index (χ0v) is 28.6. The Morgan fingerprint density at radius 1 is 1.02 bits per heavy atom. The first-order valence-corrected chi connectivity index (χ1v) is 16.9. The fourth-order valence-electron chi connectivity index (χ4n) is 4.63. The van der Waals surface area contributed by atoms with Gasteiger partial charge in [-0.25, -0.2) is 9.18 Å². The van der Waals surface area contributed by atoms with Crippen LogP contribution in [0.5, 0.6) is 0 Å². The molecule has 0 spiro atoms. The van der Waals surface area contributed by atoms with Gasteiger partial charge in [0.2, 0.25) is 0 Å². The van der Waals surface area contributed by atoms with Gasteiger partial charge in [-0.2, -0.15) is 4.98 Å². The smallest absolute Gasteiger partial charge is 0.354 e. The summed E-state index contributed by atoms with van der Waals surface area (Å²) in [4.78, 5) is 23.9. The monoisotopic (exact) mass is 652 g/mol. The molecule has 0 saturated heterocycles. The molecule has 0 saturated carbocycles. The first-order valence-electron chi connectivity index (χ1n) is 15.4. The highest BCUT2D eigenvalue weighted by Gasteiger charge is 2.19. The molecule has 0 aliphatic carbocycles. The van der Waals surface area contributed by atoms with Gasteiger partial charge in [-0.15, -0.1) is 0 Å². The molecule has 2 heterocycles. The quantitative estimate of drug-likeness (QED) is 0.0923. The minimum Gasteiger partial charge on any atom is -0.370 e. The number of rotatable bonds is 11. The van der Waals surface area contributed by atoms with Crippen molar-refractivity contribution >= 4 is 27.8 Å². The number of nitrogens with zero attached hydrogens (tertiary/aromatic N) is 3. The van der Waals surface area contributed by atoms with Gasteiger partial charge in [0, 0.05) is 64.6 Å². The van der Waals surface area contributed by atoms with Crippen molar-refractivity contribution in [3.63, 3.8) is 0 Å². The van der Waals surface area contributed by atoms with E-state index in [1.807, 2.05) is 57.3 Å². The maximum Gasteiger partial charge on any atom is 0.354 e. The highest BCUT2D eigenvalue weighted by molar-refractivity contribution is 7.84. The van der Waals surface area contributed by atoms with E-state index in [0.717, 1.165) is 47.4 Å². The maximum absolute atomic E-state index is 13.7. The van der Waals surface area contributed by atoms with Gasteiger partial charge >= 0.3 is 5.69 Å². The highest BCUT2D eigenvalue weighted by atomic mass is 32.2. The van der Waals surface area contributed by atoms with E-state index in [4.69, 9.17) is 17.2 Å². The lowest BCUT2D eigenvalue weighted by atomic mass is 9.86. The molecule has 4 rings (SSSR count). The summed E-state index contributed by atoms with van der Waals surface area (Å²) in [5.74, 6) is 0.853. The van der Waals surface area contributed by atoms with Crippen LogP contribution in [0.2, 0.25) is 0 Å². The number of H-pyrrole nitrogens is 1. The summed E-state index contributed by atoms with van der Waals surface area (Å²) < 4.78 is 26.8. The summed E-state index contributed by atoms with van der Waals surface area (Å²) in [6, 6.07) is 14.9. The third kappa shape index (κ3) is 10.9. The van der Waals surface area contributed by atoms with E-state index in [0.29, 0.717) is 35.8 Å². The van der Waals surface area contributed by atoms with E-state index in [1.165, 1.54) is 6.07 Å². The van der Waals surface area contributed by atoms with E-state index < -0.39 is 10.8 Å². The molecule has 12 heteroatoms. The SMILES string of the molecule is CC(C)(C)c1cc(CS(=O)CCN)ccc1F.CC(C)(C)c1cc2cn(-c3ccc(CNCCCN=C(N)N)cc3)c(=O)nc2[nH]1. The molecule has 2 aromatic carbocycles. The minimum absolute atomic E-state index is 0.0352. The lowest BCUT2D eigenvalue weighted by Crippen LogP contribution is -2.23. The van der Waals surface area contributed by atoms with Crippen LogP contribution in [0.4, 0.5) is 4.39 Å². The summed E-state index contributed by atoms with van der Waals surface area (Å²) >= 11 is 0.